The van der Waals surface area contributed by atoms with E-state index in [9.17, 15) is 4.79 Å². The topological polar surface area (TPSA) is 53.5 Å². The maximum absolute atomic E-state index is 11.3. The number of carbonyl (C=O) groups excluding carboxylic acids is 1. The molecule has 0 radical (unpaired) electrons. The van der Waals surface area contributed by atoms with Gasteiger partial charge < -0.3 is 5.53 Å². The maximum atomic E-state index is 11.3. The summed E-state index contributed by atoms with van der Waals surface area (Å²) in [5, 5.41) is 0. The number of hydrogen-bond acceptors (Lipinski definition) is 1. The van der Waals surface area contributed by atoms with Crippen LogP contribution in [-0.2, 0) is 4.79 Å². The average molecular weight is 192 g/mol. The van der Waals surface area contributed by atoms with Gasteiger partial charge in [0.05, 0.1) is 0 Å². The third kappa shape index (κ3) is 1.99. The van der Waals surface area contributed by atoms with Gasteiger partial charge in [-0.05, 0) is 24.7 Å². The molecular formula is C11H16N2O. The molecule has 0 amide bonds. The van der Waals surface area contributed by atoms with Gasteiger partial charge >= 0.3 is 6.21 Å². The summed E-state index contributed by atoms with van der Waals surface area (Å²) in [7, 11) is 0. The number of Topliss-reactive ketones (excluding diaryl/α,β-unsaturated/α-hetero) is 1. The van der Waals surface area contributed by atoms with Gasteiger partial charge in [0.1, 0.15) is 0 Å². The third-order valence-electron chi connectivity index (χ3n) is 3.39. The first-order valence-electron chi connectivity index (χ1n) is 4.86. The molecule has 1 aliphatic carbocycles. The Labute approximate surface area is 84.4 Å². The van der Waals surface area contributed by atoms with Crippen molar-refractivity contribution >= 4 is 12.0 Å². The van der Waals surface area contributed by atoms with E-state index in [0.29, 0.717) is 12.3 Å². The molecule has 0 aromatic rings. The molecule has 1 atom stereocenters. The summed E-state index contributed by atoms with van der Waals surface area (Å²) < 4.78 is 0. The van der Waals surface area contributed by atoms with Crippen molar-refractivity contribution in [1.82, 2.24) is 0 Å². The summed E-state index contributed by atoms with van der Waals surface area (Å²) in [6, 6.07) is 0. The van der Waals surface area contributed by atoms with E-state index in [2.05, 4.69) is 31.6 Å². The minimum Gasteiger partial charge on any atom is -0.361 e. The summed E-state index contributed by atoms with van der Waals surface area (Å²) in [4.78, 5) is 14.0. The second-order valence-corrected chi connectivity index (χ2v) is 4.46. The van der Waals surface area contributed by atoms with Crippen LogP contribution in [0, 0.1) is 11.3 Å². The van der Waals surface area contributed by atoms with Crippen LogP contribution in [0.3, 0.4) is 0 Å². The van der Waals surface area contributed by atoms with Gasteiger partial charge in [-0.15, -0.1) is 0 Å². The Bertz CT molecular complexity index is 322. The predicted octanol–water partition coefficient (Wildman–Crippen LogP) is 2.24. The summed E-state index contributed by atoms with van der Waals surface area (Å²) in [6.07, 6.45) is 4.59. The van der Waals surface area contributed by atoms with Crippen molar-refractivity contribution in [2.75, 3.05) is 0 Å². The van der Waals surface area contributed by atoms with Crippen LogP contribution >= 0.6 is 0 Å². The van der Waals surface area contributed by atoms with Crippen LogP contribution in [0.15, 0.2) is 11.6 Å². The second kappa shape index (κ2) is 3.89. The third-order valence-corrected chi connectivity index (χ3v) is 3.39. The predicted molar refractivity (Wildman–Crippen MR) is 55.0 cm³/mol. The van der Waals surface area contributed by atoms with Gasteiger partial charge in [-0.3, -0.25) is 4.79 Å². The Kier molecular flexibility index (Phi) is 3.02. The molecule has 0 aromatic heterocycles. The Morgan fingerprint density at radius 2 is 2.43 bits per heavy atom. The fourth-order valence-electron chi connectivity index (χ4n) is 1.90. The first-order chi connectivity index (χ1) is 6.48. The largest absolute Gasteiger partial charge is 0.361 e. The zero-order valence-corrected chi connectivity index (χ0v) is 8.95. The van der Waals surface area contributed by atoms with Crippen LogP contribution in [0.4, 0.5) is 0 Å². The van der Waals surface area contributed by atoms with E-state index >= 15 is 0 Å². The lowest BCUT2D eigenvalue weighted by Crippen LogP contribution is -2.23. The van der Waals surface area contributed by atoms with E-state index in [4.69, 9.17) is 5.53 Å². The average Bonchev–Trinajstić information content (AvgIpc) is 2.32. The van der Waals surface area contributed by atoms with Gasteiger partial charge in [0.2, 0.25) is 5.78 Å². The van der Waals surface area contributed by atoms with Crippen molar-refractivity contribution in [3.05, 3.63) is 17.2 Å². The molecule has 3 heteroatoms. The van der Waals surface area contributed by atoms with E-state index in [-0.39, 0.29) is 11.2 Å². The number of carbonyl (C=O) groups is 1. The Balaban J connectivity index is 2.66. The number of allylic oxidation sites excluding steroid dienone is 2. The molecular weight excluding hydrogens is 176 g/mol. The minimum absolute atomic E-state index is 0.0962. The maximum Gasteiger partial charge on any atom is 0.323 e. The highest BCUT2D eigenvalue weighted by Crippen LogP contribution is 2.44. The highest BCUT2D eigenvalue weighted by Gasteiger charge is 2.36. The number of hydrogen-bond donors (Lipinski definition) is 0. The molecule has 1 rings (SSSR count). The van der Waals surface area contributed by atoms with E-state index in [1.54, 1.807) is 0 Å². The van der Waals surface area contributed by atoms with Crippen molar-refractivity contribution in [3.63, 3.8) is 0 Å². The molecule has 3 nitrogen and oxygen atoms in total. The smallest absolute Gasteiger partial charge is 0.323 e. The van der Waals surface area contributed by atoms with Gasteiger partial charge in [-0.2, -0.15) is 4.79 Å². The summed E-state index contributed by atoms with van der Waals surface area (Å²) in [6.45, 7) is 6.41. The van der Waals surface area contributed by atoms with Gasteiger partial charge in [0.25, 0.3) is 0 Å². The molecule has 14 heavy (non-hydrogen) atoms. The molecule has 0 unspecified atom stereocenters. The monoisotopic (exact) mass is 192 g/mol. The molecule has 0 N–H and O–H groups in total. The van der Waals surface area contributed by atoms with Crippen molar-refractivity contribution in [2.24, 2.45) is 11.3 Å². The SMILES string of the molecule is CC1=CC[C@@H](CC(=O)C=[N+]=[N-])C1(C)C. The van der Waals surface area contributed by atoms with E-state index in [1.165, 1.54) is 5.57 Å². The molecule has 0 saturated heterocycles. The normalized spacial score (nSPS) is 23.9. The van der Waals surface area contributed by atoms with Gasteiger partial charge in [-0.1, -0.05) is 25.5 Å². The standard InChI is InChI=1S/C11H16N2O/c1-8-4-5-9(11(8,2)3)6-10(14)7-13-12/h4,7,9H,5-6H2,1-3H3/t9-/m0/s1. The summed E-state index contributed by atoms with van der Waals surface area (Å²) in [5.74, 6) is 0.238. The van der Waals surface area contributed by atoms with Crippen molar-refractivity contribution in [1.29, 1.82) is 0 Å². The Morgan fingerprint density at radius 3 is 2.86 bits per heavy atom. The zero-order chi connectivity index (χ0) is 10.8. The fraction of sp³-hybridized carbons (Fsp3) is 0.636. The number of nitrogens with zero attached hydrogens (tertiary/aromatic N) is 2. The van der Waals surface area contributed by atoms with Crippen LogP contribution in [-0.4, -0.2) is 16.8 Å². The highest BCUT2D eigenvalue weighted by atomic mass is 16.1. The van der Waals surface area contributed by atoms with Crippen LogP contribution < -0.4 is 0 Å². The van der Waals surface area contributed by atoms with Crippen LogP contribution in [0.5, 0.6) is 0 Å². The van der Waals surface area contributed by atoms with E-state index in [0.717, 1.165) is 12.6 Å². The molecule has 0 aromatic carbocycles. The molecule has 0 heterocycles. The quantitative estimate of drug-likeness (QED) is 0.293. The van der Waals surface area contributed by atoms with Crippen LogP contribution in [0.1, 0.15) is 33.6 Å². The summed E-state index contributed by atoms with van der Waals surface area (Å²) in [5.41, 5.74) is 9.67. The zero-order valence-electron chi connectivity index (χ0n) is 8.95. The van der Waals surface area contributed by atoms with Crippen molar-refractivity contribution in [3.8, 4) is 0 Å². The van der Waals surface area contributed by atoms with Crippen LogP contribution in [0.2, 0.25) is 0 Å². The van der Waals surface area contributed by atoms with E-state index in [1.807, 2.05) is 0 Å². The lowest BCUT2D eigenvalue weighted by atomic mass is 9.75. The molecule has 76 valence electrons. The van der Waals surface area contributed by atoms with Gasteiger partial charge in [0, 0.05) is 6.42 Å². The number of ketones is 1. The minimum atomic E-state index is -0.103. The van der Waals surface area contributed by atoms with E-state index < -0.39 is 0 Å². The Morgan fingerprint density at radius 1 is 1.79 bits per heavy atom. The highest BCUT2D eigenvalue weighted by molar-refractivity contribution is 6.25. The summed E-state index contributed by atoms with van der Waals surface area (Å²) >= 11 is 0. The van der Waals surface area contributed by atoms with Gasteiger partial charge in [0.15, 0.2) is 0 Å². The lowest BCUT2D eigenvalue weighted by molar-refractivity contribution is -0.117. The fourth-order valence-corrected chi connectivity index (χ4v) is 1.90. The molecule has 1 aliphatic rings. The molecule has 0 aliphatic heterocycles. The van der Waals surface area contributed by atoms with Crippen LogP contribution in [0.25, 0.3) is 5.53 Å². The van der Waals surface area contributed by atoms with Crippen molar-refractivity contribution in [2.45, 2.75) is 33.6 Å². The van der Waals surface area contributed by atoms with Crippen molar-refractivity contribution < 1.29 is 9.58 Å². The molecule has 0 spiro atoms. The molecule has 0 bridgehead atoms. The Hall–Kier alpha value is -1.21. The first kappa shape index (κ1) is 10.9. The lowest BCUT2D eigenvalue weighted by Gasteiger charge is -2.28. The number of rotatable bonds is 3. The van der Waals surface area contributed by atoms with Gasteiger partial charge in [-0.25, -0.2) is 0 Å². The molecule has 0 fully saturated rings. The second-order valence-electron chi connectivity index (χ2n) is 4.46. The molecule has 0 saturated carbocycles. The first-order valence-corrected chi connectivity index (χ1v) is 4.86.